The highest BCUT2D eigenvalue weighted by Gasteiger charge is 2.28. The topological polar surface area (TPSA) is 43.9 Å². The summed E-state index contributed by atoms with van der Waals surface area (Å²) in [5.41, 5.74) is 3.34. The van der Waals surface area contributed by atoms with Crippen LogP contribution in [0.15, 0.2) is 60.7 Å². The molecule has 150 valence electrons. The molecule has 0 unspecified atom stereocenters. The van der Waals surface area contributed by atoms with Crippen LogP contribution in [0.25, 0.3) is 6.08 Å². The smallest absolute Gasteiger partial charge is 0.236 e. The third-order valence-corrected chi connectivity index (χ3v) is 5.69. The zero-order chi connectivity index (χ0) is 20.1. The number of fused-ring (bicyclic) bond motifs is 1. The monoisotopic (exact) mass is 389 g/mol. The number of anilines is 1. The Hall–Kier alpha value is -2.92. The van der Waals surface area contributed by atoms with Gasteiger partial charge in [-0.05, 0) is 23.6 Å². The van der Waals surface area contributed by atoms with Gasteiger partial charge in [0, 0.05) is 45.0 Å². The molecule has 0 atom stereocenters. The van der Waals surface area contributed by atoms with Crippen LogP contribution in [0.3, 0.4) is 0 Å². The number of para-hydroxylation sites is 1. The van der Waals surface area contributed by atoms with Crippen LogP contribution in [0.5, 0.6) is 0 Å². The zero-order valence-corrected chi connectivity index (χ0v) is 16.7. The van der Waals surface area contributed by atoms with E-state index in [1.807, 2.05) is 41.3 Å². The summed E-state index contributed by atoms with van der Waals surface area (Å²) in [5, 5.41) is 0. The van der Waals surface area contributed by atoms with Crippen molar-refractivity contribution in [3.63, 3.8) is 0 Å². The summed E-state index contributed by atoms with van der Waals surface area (Å²) in [5.74, 6) is -0.146. The molecule has 0 spiro atoms. The molecule has 0 aliphatic carbocycles. The van der Waals surface area contributed by atoms with Gasteiger partial charge in [-0.3, -0.25) is 14.5 Å². The Morgan fingerprint density at radius 3 is 2.34 bits per heavy atom. The second kappa shape index (κ2) is 9.05. The molecule has 2 aromatic rings. The summed E-state index contributed by atoms with van der Waals surface area (Å²) >= 11 is 0. The van der Waals surface area contributed by atoms with Gasteiger partial charge in [-0.25, -0.2) is 0 Å². The van der Waals surface area contributed by atoms with E-state index in [9.17, 15) is 9.59 Å². The number of piperazine rings is 1. The normalized spacial score (nSPS) is 17.0. The molecule has 0 N–H and O–H groups in total. The first kappa shape index (κ1) is 19.4. The Morgan fingerprint density at radius 2 is 1.55 bits per heavy atom. The molecule has 2 aliphatic rings. The molecule has 0 radical (unpaired) electrons. The van der Waals surface area contributed by atoms with Crippen molar-refractivity contribution < 1.29 is 9.59 Å². The van der Waals surface area contributed by atoms with E-state index in [1.54, 1.807) is 4.90 Å². The maximum atomic E-state index is 12.7. The Balaban J connectivity index is 1.23. The molecular formula is C24H27N3O2. The predicted molar refractivity (Wildman–Crippen MR) is 116 cm³/mol. The average Bonchev–Trinajstić information content (AvgIpc) is 3.19. The first-order chi connectivity index (χ1) is 14.2. The van der Waals surface area contributed by atoms with Crippen molar-refractivity contribution in [2.24, 2.45) is 0 Å². The fraction of sp³-hybridized carbons (Fsp3) is 0.333. The number of hydrogen-bond acceptors (Lipinski definition) is 3. The summed E-state index contributed by atoms with van der Waals surface area (Å²) in [6.45, 7) is 4.59. The van der Waals surface area contributed by atoms with E-state index in [1.165, 1.54) is 11.1 Å². The van der Waals surface area contributed by atoms with Crippen molar-refractivity contribution >= 4 is 23.6 Å². The van der Waals surface area contributed by atoms with Crippen LogP contribution in [-0.2, 0) is 16.0 Å². The second-order valence-electron chi connectivity index (χ2n) is 7.60. The van der Waals surface area contributed by atoms with Crippen LogP contribution < -0.4 is 4.90 Å². The molecular weight excluding hydrogens is 362 g/mol. The zero-order valence-electron chi connectivity index (χ0n) is 16.7. The lowest BCUT2D eigenvalue weighted by Crippen LogP contribution is -2.49. The number of carbonyl (C=O) groups excluding carboxylic acids is 2. The molecule has 0 bridgehead atoms. The van der Waals surface area contributed by atoms with Gasteiger partial charge in [0.2, 0.25) is 11.8 Å². The van der Waals surface area contributed by atoms with Gasteiger partial charge in [0.1, 0.15) is 6.42 Å². The van der Waals surface area contributed by atoms with Crippen molar-refractivity contribution in [2.75, 3.05) is 44.2 Å². The number of hydrogen-bond donors (Lipinski definition) is 0. The van der Waals surface area contributed by atoms with E-state index in [2.05, 4.69) is 35.3 Å². The molecule has 5 nitrogen and oxygen atoms in total. The minimum absolute atomic E-state index is 0.0394. The number of amides is 2. The molecule has 0 aromatic heterocycles. The van der Waals surface area contributed by atoms with Crippen molar-refractivity contribution in [1.29, 1.82) is 0 Å². The number of benzene rings is 2. The predicted octanol–water partition coefficient (Wildman–Crippen LogP) is 2.82. The third-order valence-electron chi connectivity index (χ3n) is 5.69. The van der Waals surface area contributed by atoms with Gasteiger partial charge in [0.25, 0.3) is 0 Å². The molecule has 2 aliphatic heterocycles. The van der Waals surface area contributed by atoms with Crippen LogP contribution in [-0.4, -0.2) is 60.9 Å². The van der Waals surface area contributed by atoms with E-state index in [0.29, 0.717) is 19.6 Å². The van der Waals surface area contributed by atoms with Gasteiger partial charge < -0.3 is 9.80 Å². The molecule has 0 saturated carbocycles. The lowest BCUT2D eigenvalue weighted by molar-refractivity contribution is -0.136. The van der Waals surface area contributed by atoms with Gasteiger partial charge >= 0.3 is 0 Å². The number of rotatable bonds is 5. The summed E-state index contributed by atoms with van der Waals surface area (Å²) in [4.78, 5) is 31.2. The Kier molecular flexibility index (Phi) is 6.06. The van der Waals surface area contributed by atoms with Crippen molar-refractivity contribution in [3.05, 3.63) is 71.8 Å². The van der Waals surface area contributed by atoms with Crippen LogP contribution in [0.2, 0.25) is 0 Å². The lowest BCUT2D eigenvalue weighted by atomic mass is 10.2. The Morgan fingerprint density at radius 1 is 0.828 bits per heavy atom. The molecule has 1 saturated heterocycles. The van der Waals surface area contributed by atoms with Crippen molar-refractivity contribution in [2.45, 2.75) is 12.8 Å². The molecule has 2 aromatic carbocycles. The van der Waals surface area contributed by atoms with E-state index in [0.717, 1.165) is 31.7 Å². The Labute approximate surface area is 172 Å². The number of nitrogens with zero attached hydrogens (tertiary/aromatic N) is 3. The first-order valence-corrected chi connectivity index (χ1v) is 10.3. The van der Waals surface area contributed by atoms with Gasteiger partial charge in [-0.1, -0.05) is 60.7 Å². The Bertz CT molecular complexity index is 886. The van der Waals surface area contributed by atoms with Gasteiger partial charge in [0.05, 0.1) is 0 Å². The quantitative estimate of drug-likeness (QED) is 0.739. The van der Waals surface area contributed by atoms with Gasteiger partial charge in [-0.15, -0.1) is 0 Å². The fourth-order valence-electron chi connectivity index (χ4n) is 4.02. The largest absolute Gasteiger partial charge is 0.340 e. The van der Waals surface area contributed by atoms with E-state index in [4.69, 9.17) is 0 Å². The van der Waals surface area contributed by atoms with Crippen LogP contribution in [0.1, 0.15) is 17.5 Å². The molecule has 2 heterocycles. The standard InChI is InChI=1S/C24H27N3O2/c28-23(19-24(29)27-14-12-21-10-4-5-11-22(21)27)26-17-15-25(16-18-26)13-6-9-20-7-2-1-3-8-20/h1-11H,12-19H2/b9-6+. The highest BCUT2D eigenvalue weighted by molar-refractivity contribution is 6.06. The highest BCUT2D eigenvalue weighted by atomic mass is 16.2. The molecule has 2 amide bonds. The maximum Gasteiger partial charge on any atom is 0.236 e. The maximum absolute atomic E-state index is 12.7. The van der Waals surface area contributed by atoms with Crippen molar-refractivity contribution in [1.82, 2.24) is 9.80 Å². The highest BCUT2D eigenvalue weighted by Crippen LogP contribution is 2.28. The van der Waals surface area contributed by atoms with Crippen LogP contribution >= 0.6 is 0 Å². The van der Waals surface area contributed by atoms with Crippen molar-refractivity contribution in [3.8, 4) is 0 Å². The average molecular weight is 389 g/mol. The summed E-state index contributed by atoms with van der Waals surface area (Å²) in [6, 6.07) is 18.2. The fourth-order valence-corrected chi connectivity index (χ4v) is 4.02. The number of carbonyl (C=O) groups is 2. The first-order valence-electron chi connectivity index (χ1n) is 10.3. The van der Waals surface area contributed by atoms with Crippen LogP contribution in [0, 0.1) is 0 Å². The van der Waals surface area contributed by atoms with Gasteiger partial charge in [-0.2, -0.15) is 0 Å². The molecule has 29 heavy (non-hydrogen) atoms. The third kappa shape index (κ3) is 4.74. The summed E-state index contributed by atoms with van der Waals surface area (Å²) < 4.78 is 0. The molecule has 1 fully saturated rings. The molecule has 4 rings (SSSR count). The lowest BCUT2D eigenvalue weighted by Gasteiger charge is -2.34. The molecule has 5 heteroatoms. The summed E-state index contributed by atoms with van der Waals surface area (Å²) in [7, 11) is 0. The van der Waals surface area contributed by atoms with E-state index < -0.39 is 0 Å². The van der Waals surface area contributed by atoms with Gasteiger partial charge in [0.15, 0.2) is 0 Å². The van der Waals surface area contributed by atoms with E-state index >= 15 is 0 Å². The minimum atomic E-state index is -0.0897. The van der Waals surface area contributed by atoms with E-state index in [-0.39, 0.29) is 18.2 Å². The summed E-state index contributed by atoms with van der Waals surface area (Å²) in [6.07, 6.45) is 5.12. The van der Waals surface area contributed by atoms with Crippen LogP contribution in [0.4, 0.5) is 5.69 Å². The minimum Gasteiger partial charge on any atom is -0.340 e. The second-order valence-corrected chi connectivity index (χ2v) is 7.60. The SMILES string of the molecule is O=C(CC(=O)N1CCc2ccccc21)N1CCN(C/C=C/c2ccccc2)CC1.